The third-order valence-electron chi connectivity index (χ3n) is 5.18. The van der Waals surface area contributed by atoms with Crippen molar-refractivity contribution < 1.29 is 0 Å². The number of hydrogen-bond acceptors (Lipinski definition) is 2. The van der Waals surface area contributed by atoms with Crippen LogP contribution in [-0.4, -0.2) is 36.1 Å². The minimum atomic E-state index is 0.822. The first-order chi connectivity index (χ1) is 8.22. The number of likely N-dealkylation sites (tertiary alicyclic amines) is 1. The lowest BCUT2D eigenvalue weighted by atomic mass is 9.73. The van der Waals surface area contributed by atoms with Gasteiger partial charge in [0.15, 0.2) is 0 Å². The van der Waals surface area contributed by atoms with Crippen molar-refractivity contribution >= 4 is 0 Å². The Hall–Kier alpha value is -0.0800. The van der Waals surface area contributed by atoms with Crippen LogP contribution in [0, 0.1) is 11.8 Å². The Bertz CT molecular complexity index is 246. The maximum absolute atomic E-state index is 3.89. The summed E-state index contributed by atoms with van der Waals surface area (Å²) in [5.74, 6) is 1.89. The molecule has 0 amide bonds. The van der Waals surface area contributed by atoms with Crippen LogP contribution in [0.5, 0.6) is 0 Å². The lowest BCUT2D eigenvalue weighted by Crippen LogP contribution is -2.51. The van der Waals surface area contributed by atoms with Crippen molar-refractivity contribution in [2.75, 3.05) is 13.1 Å². The van der Waals surface area contributed by atoms with E-state index < -0.39 is 0 Å². The molecule has 2 saturated carbocycles. The van der Waals surface area contributed by atoms with Crippen molar-refractivity contribution in [3.63, 3.8) is 0 Å². The summed E-state index contributed by atoms with van der Waals surface area (Å²) in [5, 5.41) is 3.89. The van der Waals surface area contributed by atoms with Gasteiger partial charge in [0.1, 0.15) is 0 Å². The summed E-state index contributed by atoms with van der Waals surface area (Å²) in [4.78, 5) is 2.72. The van der Waals surface area contributed by atoms with E-state index in [0.29, 0.717) is 0 Å². The average Bonchev–Trinajstić information content (AvgIpc) is 3.07. The Morgan fingerprint density at radius 1 is 0.941 bits per heavy atom. The second-order valence-electron chi connectivity index (χ2n) is 6.88. The zero-order chi connectivity index (χ0) is 11.8. The Morgan fingerprint density at radius 2 is 1.59 bits per heavy atom. The molecular weight excluding hydrogens is 208 g/mol. The fourth-order valence-electron chi connectivity index (χ4n) is 3.55. The Morgan fingerprint density at radius 3 is 2.12 bits per heavy atom. The fourth-order valence-corrected chi connectivity index (χ4v) is 3.55. The van der Waals surface area contributed by atoms with Gasteiger partial charge in [-0.2, -0.15) is 0 Å². The molecule has 3 rings (SSSR count). The number of nitrogens with zero attached hydrogens (tertiary/aromatic N) is 1. The SMILES string of the molecule is CC(C)C1CC(NC2CCN(C3CC3)CC2)C1. The highest BCUT2D eigenvalue weighted by Crippen LogP contribution is 2.35. The molecule has 2 aliphatic carbocycles. The van der Waals surface area contributed by atoms with E-state index >= 15 is 0 Å². The van der Waals surface area contributed by atoms with E-state index in [0.717, 1.165) is 30.0 Å². The molecule has 1 heterocycles. The molecule has 0 aromatic heterocycles. The van der Waals surface area contributed by atoms with Gasteiger partial charge in [-0.3, -0.25) is 0 Å². The van der Waals surface area contributed by atoms with Crippen molar-refractivity contribution in [1.29, 1.82) is 0 Å². The maximum Gasteiger partial charge on any atom is 0.00964 e. The molecule has 1 saturated heterocycles. The van der Waals surface area contributed by atoms with Gasteiger partial charge in [-0.1, -0.05) is 13.8 Å². The van der Waals surface area contributed by atoms with Crippen molar-refractivity contribution in [2.24, 2.45) is 11.8 Å². The highest BCUT2D eigenvalue weighted by atomic mass is 15.2. The number of hydrogen-bond donors (Lipinski definition) is 1. The van der Waals surface area contributed by atoms with Crippen molar-refractivity contribution in [2.45, 2.75) is 70.5 Å². The van der Waals surface area contributed by atoms with E-state index in [1.807, 2.05) is 0 Å². The predicted molar refractivity (Wildman–Crippen MR) is 72.1 cm³/mol. The van der Waals surface area contributed by atoms with E-state index in [1.165, 1.54) is 51.6 Å². The van der Waals surface area contributed by atoms with E-state index in [9.17, 15) is 0 Å². The van der Waals surface area contributed by atoms with Crippen LogP contribution in [0.2, 0.25) is 0 Å². The molecule has 0 unspecified atom stereocenters. The standard InChI is InChI=1S/C15H28N2/c1-11(2)12-9-14(10-12)16-13-5-7-17(8-6-13)15-3-4-15/h11-16H,3-10H2,1-2H3. The van der Waals surface area contributed by atoms with Crippen LogP contribution in [0.25, 0.3) is 0 Å². The largest absolute Gasteiger partial charge is 0.311 e. The van der Waals surface area contributed by atoms with Gasteiger partial charge in [0.25, 0.3) is 0 Å². The topological polar surface area (TPSA) is 15.3 Å². The van der Waals surface area contributed by atoms with Crippen molar-refractivity contribution in [3.8, 4) is 0 Å². The van der Waals surface area contributed by atoms with Gasteiger partial charge in [-0.25, -0.2) is 0 Å². The smallest absolute Gasteiger partial charge is 0.00964 e. The highest BCUT2D eigenvalue weighted by Gasteiger charge is 2.35. The van der Waals surface area contributed by atoms with Crippen molar-refractivity contribution in [1.82, 2.24) is 10.2 Å². The van der Waals surface area contributed by atoms with Crippen LogP contribution in [0.15, 0.2) is 0 Å². The molecule has 1 aliphatic heterocycles. The molecule has 0 aromatic rings. The van der Waals surface area contributed by atoms with Gasteiger partial charge in [-0.05, 0) is 63.5 Å². The van der Waals surface area contributed by atoms with Gasteiger partial charge in [0, 0.05) is 18.1 Å². The molecule has 0 spiro atoms. The summed E-state index contributed by atoms with van der Waals surface area (Å²) in [6.07, 6.45) is 8.58. The van der Waals surface area contributed by atoms with Gasteiger partial charge in [-0.15, -0.1) is 0 Å². The molecule has 1 N–H and O–H groups in total. The number of piperidine rings is 1. The van der Waals surface area contributed by atoms with E-state index in [4.69, 9.17) is 0 Å². The summed E-state index contributed by atoms with van der Waals surface area (Å²) >= 11 is 0. The van der Waals surface area contributed by atoms with Gasteiger partial charge < -0.3 is 10.2 Å². The molecule has 0 aromatic carbocycles. The zero-order valence-corrected chi connectivity index (χ0v) is 11.5. The van der Waals surface area contributed by atoms with Crippen LogP contribution < -0.4 is 5.32 Å². The molecule has 3 aliphatic rings. The van der Waals surface area contributed by atoms with Crippen LogP contribution in [-0.2, 0) is 0 Å². The highest BCUT2D eigenvalue weighted by molar-refractivity contribution is 4.92. The lowest BCUT2D eigenvalue weighted by Gasteiger charge is -2.42. The molecule has 17 heavy (non-hydrogen) atoms. The second kappa shape index (κ2) is 4.89. The molecule has 0 atom stereocenters. The Labute approximate surface area is 106 Å². The predicted octanol–water partition coefficient (Wildman–Crippen LogP) is 2.64. The first kappa shape index (κ1) is 12.0. The summed E-state index contributed by atoms with van der Waals surface area (Å²) in [5.41, 5.74) is 0. The maximum atomic E-state index is 3.89. The summed E-state index contributed by atoms with van der Waals surface area (Å²) < 4.78 is 0. The van der Waals surface area contributed by atoms with E-state index in [2.05, 4.69) is 24.1 Å². The Kier molecular flexibility index (Phi) is 3.45. The van der Waals surface area contributed by atoms with Gasteiger partial charge >= 0.3 is 0 Å². The summed E-state index contributed by atoms with van der Waals surface area (Å²) in [7, 11) is 0. The van der Waals surface area contributed by atoms with Crippen molar-refractivity contribution in [3.05, 3.63) is 0 Å². The van der Waals surface area contributed by atoms with E-state index in [1.54, 1.807) is 0 Å². The monoisotopic (exact) mass is 236 g/mol. The number of rotatable bonds is 4. The van der Waals surface area contributed by atoms with Crippen LogP contribution in [0.3, 0.4) is 0 Å². The van der Waals surface area contributed by atoms with Gasteiger partial charge in [0.05, 0.1) is 0 Å². The average molecular weight is 236 g/mol. The second-order valence-corrected chi connectivity index (χ2v) is 6.88. The molecule has 0 radical (unpaired) electrons. The summed E-state index contributed by atoms with van der Waals surface area (Å²) in [6, 6.07) is 2.65. The molecule has 0 bridgehead atoms. The van der Waals surface area contributed by atoms with E-state index in [-0.39, 0.29) is 0 Å². The van der Waals surface area contributed by atoms with Gasteiger partial charge in [0.2, 0.25) is 0 Å². The minimum Gasteiger partial charge on any atom is -0.311 e. The zero-order valence-electron chi connectivity index (χ0n) is 11.5. The number of nitrogens with one attached hydrogen (secondary N) is 1. The first-order valence-electron chi connectivity index (χ1n) is 7.72. The summed E-state index contributed by atoms with van der Waals surface area (Å²) in [6.45, 7) is 7.44. The minimum absolute atomic E-state index is 0.822. The third kappa shape index (κ3) is 2.85. The van der Waals surface area contributed by atoms with Crippen LogP contribution >= 0.6 is 0 Å². The first-order valence-corrected chi connectivity index (χ1v) is 7.72. The Balaban J connectivity index is 1.34. The molecular formula is C15H28N2. The lowest BCUT2D eigenvalue weighted by molar-refractivity contribution is 0.128. The quantitative estimate of drug-likeness (QED) is 0.807. The molecule has 2 nitrogen and oxygen atoms in total. The van der Waals surface area contributed by atoms with Crippen LogP contribution in [0.1, 0.15) is 52.4 Å². The molecule has 98 valence electrons. The normalized spacial score (nSPS) is 36.2. The molecule has 2 heteroatoms. The fraction of sp³-hybridized carbons (Fsp3) is 1.00. The van der Waals surface area contributed by atoms with Crippen LogP contribution in [0.4, 0.5) is 0 Å². The third-order valence-corrected chi connectivity index (χ3v) is 5.18. The molecule has 3 fully saturated rings.